The molecule has 0 aromatic rings. The zero-order valence-electron chi connectivity index (χ0n) is 15.7. The standard InChI is InChI=1S/C21H32F2O2/c1-14-3-5-17(6-4-14)21-10-15-7-16(11-21)9-20(8-15,12-21)13-25-18(24)19(2,22)23/h14-17H,3-13H2,1-2H3. The Kier molecular flexibility index (Phi) is 4.20. The molecule has 0 heterocycles. The molecule has 0 N–H and O–H groups in total. The van der Waals surface area contributed by atoms with Gasteiger partial charge in [0.2, 0.25) is 0 Å². The Labute approximate surface area is 150 Å². The molecule has 4 heteroatoms. The van der Waals surface area contributed by atoms with Gasteiger partial charge in [-0.2, -0.15) is 8.78 Å². The number of halogens is 2. The van der Waals surface area contributed by atoms with Gasteiger partial charge in [0, 0.05) is 12.3 Å². The lowest BCUT2D eigenvalue weighted by atomic mass is 9.41. The van der Waals surface area contributed by atoms with Crippen LogP contribution in [0.25, 0.3) is 0 Å². The third-order valence-corrected chi connectivity index (χ3v) is 7.98. The summed E-state index contributed by atoms with van der Waals surface area (Å²) in [4.78, 5) is 11.6. The molecule has 0 aromatic carbocycles. The normalized spacial score (nSPS) is 46.2. The molecule has 5 rings (SSSR count). The predicted octanol–water partition coefficient (Wildman–Crippen LogP) is 5.60. The van der Waals surface area contributed by atoms with Crippen LogP contribution in [0.15, 0.2) is 0 Å². The van der Waals surface area contributed by atoms with Crippen LogP contribution >= 0.6 is 0 Å². The number of hydrogen-bond donors (Lipinski definition) is 0. The molecule has 0 saturated heterocycles. The summed E-state index contributed by atoms with van der Waals surface area (Å²) < 4.78 is 31.6. The lowest BCUT2D eigenvalue weighted by Crippen LogP contribution is -2.56. The van der Waals surface area contributed by atoms with Crippen LogP contribution in [0, 0.1) is 34.5 Å². The highest BCUT2D eigenvalue weighted by Crippen LogP contribution is 2.69. The Bertz CT molecular complexity index is 517. The van der Waals surface area contributed by atoms with Gasteiger partial charge in [-0.05, 0) is 80.5 Å². The highest BCUT2D eigenvalue weighted by molar-refractivity contribution is 5.76. The van der Waals surface area contributed by atoms with Crippen molar-refractivity contribution in [3.8, 4) is 0 Å². The Morgan fingerprint density at radius 1 is 1.08 bits per heavy atom. The van der Waals surface area contributed by atoms with Gasteiger partial charge in [0.05, 0.1) is 6.61 Å². The second-order valence-electron chi connectivity index (χ2n) is 10.2. The van der Waals surface area contributed by atoms with Crippen molar-refractivity contribution in [1.82, 2.24) is 0 Å². The van der Waals surface area contributed by atoms with E-state index in [0.29, 0.717) is 12.3 Å². The molecule has 0 amide bonds. The van der Waals surface area contributed by atoms with Gasteiger partial charge in [0.25, 0.3) is 0 Å². The topological polar surface area (TPSA) is 26.3 Å². The first-order chi connectivity index (χ1) is 11.7. The van der Waals surface area contributed by atoms with Gasteiger partial charge < -0.3 is 4.74 Å². The largest absolute Gasteiger partial charge is 0.461 e. The molecule has 0 aromatic heterocycles. The maximum Gasteiger partial charge on any atom is 0.376 e. The van der Waals surface area contributed by atoms with Crippen LogP contribution in [0.4, 0.5) is 8.78 Å². The van der Waals surface area contributed by atoms with E-state index in [2.05, 4.69) is 6.92 Å². The second-order valence-corrected chi connectivity index (χ2v) is 10.2. The molecule has 5 aliphatic carbocycles. The first kappa shape index (κ1) is 17.7. The van der Waals surface area contributed by atoms with E-state index in [4.69, 9.17) is 4.74 Å². The Hall–Kier alpha value is -0.670. The number of esters is 1. The summed E-state index contributed by atoms with van der Waals surface area (Å²) in [6, 6.07) is 0. The van der Waals surface area contributed by atoms with E-state index in [9.17, 15) is 13.6 Å². The SMILES string of the molecule is CC1CCC(C23CC4CC(CC(COC(=O)C(C)(F)F)(C4)C2)C3)CC1. The lowest BCUT2D eigenvalue weighted by Gasteiger charge is -2.64. The van der Waals surface area contributed by atoms with Crippen molar-refractivity contribution in [3.63, 3.8) is 0 Å². The van der Waals surface area contributed by atoms with Crippen molar-refractivity contribution < 1.29 is 18.3 Å². The second kappa shape index (κ2) is 5.92. The lowest BCUT2D eigenvalue weighted by molar-refractivity contribution is -0.190. The smallest absolute Gasteiger partial charge is 0.376 e. The van der Waals surface area contributed by atoms with Gasteiger partial charge >= 0.3 is 11.9 Å². The van der Waals surface area contributed by atoms with E-state index in [1.165, 1.54) is 44.9 Å². The number of alkyl halides is 2. The fraction of sp³-hybridized carbons (Fsp3) is 0.952. The molecule has 0 radical (unpaired) electrons. The van der Waals surface area contributed by atoms with Crippen LogP contribution < -0.4 is 0 Å². The van der Waals surface area contributed by atoms with Crippen LogP contribution in [0.5, 0.6) is 0 Å². The van der Waals surface area contributed by atoms with E-state index < -0.39 is 11.9 Å². The summed E-state index contributed by atoms with van der Waals surface area (Å²) >= 11 is 0. The minimum atomic E-state index is -3.38. The number of carbonyl (C=O) groups is 1. The average molecular weight is 354 g/mol. The van der Waals surface area contributed by atoms with Crippen LogP contribution in [0.3, 0.4) is 0 Å². The highest BCUT2D eigenvalue weighted by Gasteiger charge is 2.60. The quantitative estimate of drug-likeness (QED) is 0.615. The monoisotopic (exact) mass is 354 g/mol. The molecule has 5 saturated carbocycles. The molecule has 0 spiro atoms. The Balaban J connectivity index is 1.50. The van der Waals surface area contributed by atoms with Gasteiger partial charge in [0.15, 0.2) is 0 Å². The van der Waals surface area contributed by atoms with Crippen molar-refractivity contribution in [3.05, 3.63) is 0 Å². The van der Waals surface area contributed by atoms with E-state index in [1.807, 2.05) is 0 Å². The third-order valence-electron chi connectivity index (χ3n) is 7.98. The van der Waals surface area contributed by atoms with E-state index in [0.717, 1.165) is 42.9 Å². The summed E-state index contributed by atoms with van der Waals surface area (Å²) in [5.41, 5.74) is 0.388. The molecule has 5 aliphatic rings. The number of hydrogen-bond acceptors (Lipinski definition) is 2. The maximum absolute atomic E-state index is 13.2. The minimum Gasteiger partial charge on any atom is -0.461 e. The molecule has 4 bridgehead atoms. The zero-order valence-corrected chi connectivity index (χ0v) is 15.7. The van der Waals surface area contributed by atoms with Crippen LogP contribution in [-0.4, -0.2) is 18.5 Å². The number of carbonyl (C=O) groups excluding carboxylic acids is 1. The van der Waals surface area contributed by atoms with Crippen molar-refractivity contribution in [1.29, 1.82) is 0 Å². The predicted molar refractivity (Wildman–Crippen MR) is 92.3 cm³/mol. The summed E-state index contributed by atoms with van der Waals surface area (Å²) in [6.07, 6.45) is 12.6. The molecule has 2 atom stereocenters. The van der Waals surface area contributed by atoms with Crippen molar-refractivity contribution in [2.45, 2.75) is 84.0 Å². The van der Waals surface area contributed by atoms with Gasteiger partial charge in [-0.3, -0.25) is 0 Å². The van der Waals surface area contributed by atoms with Crippen molar-refractivity contribution in [2.75, 3.05) is 6.61 Å². The van der Waals surface area contributed by atoms with Gasteiger partial charge in [-0.25, -0.2) is 4.79 Å². The summed E-state index contributed by atoms with van der Waals surface area (Å²) in [5.74, 6) is -1.62. The van der Waals surface area contributed by atoms with Gasteiger partial charge in [-0.1, -0.05) is 19.8 Å². The molecular formula is C21H32F2O2. The minimum absolute atomic E-state index is 0.0198. The van der Waals surface area contributed by atoms with E-state index in [-0.39, 0.29) is 12.0 Å². The molecule has 5 fully saturated rings. The zero-order chi connectivity index (χ0) is 17.9. The third kappa shape index (κ3) is 3.23. The summed E-state index contributed by atoms with van der Waals surface area (Å²) in [5, 5.41) is 0. The molecule has 2 unspecified atom stereocenters. The molecular weight excluding hydrogens is 322 g/mol. The van der Waals surface area contributed by atoms with Crippen LogP contribution in [0.2, 0.25) is 0 Å². The Morgan fingerprint density at radius 3 is 2.24 bits per heavy atom. The molecule has 142 valence electrons. The summed E-state index contributed by atoms with van der Waals surface area (Å²) in [7, 11) is 0. The van der Waals surface area contributed by atoms with E-state index >= 15 is 0 Å². The van der Waals surface area contributed by atoms with Crippen molar-refractivity contribution in [2.24, 2.45) is 34.5 Å². The Morgan fingerprint density at radius 2 is 1.68 bits per heavy atom. The van der Waals surface area contributed by atoms with Crippen LogP contribution in [0.1, 0.15) is 78.1 Å². The number of rotatable bonds is 4. The average Bonchev–Trinajstić information content (AvgIpc) is 2.51. The fourth-order valence-corrected chi connectivity index (χ4v) is 7.39. The molecule has 2 nitrogen and oxygen atoms in total. The molecule has 25 heavy (non-hydrogen) atoms. The van der Waals surface area contributed by atoms with Gasteiger partial charge in [-0.15, -0.1) is 0 Å². The first-order valence-electron chi connectivity index (χ1n) is 10.2. The van der Waals surface area contributed by atoms with Crippen LogP contribution in [-0.2, 0) is 9.53 Å². The highest BCUT2D eigenvalue weighted by atomic mass is 19.3. The summed E-state index contributed by atoms with van der Waals surface area (Å²) in [6.45, 7) is 3.22. The number of ether oxygens (including phenoxy) is 1. The van der Waals surface area contributed by atoms with Gasteiger partial charge in [0.1, 0.15) is 0 Å². The fourth-order valence-electron chi connectivity index (χ4n) is 7.39. The van der Waals surface area contributed by atoms with E-state index in [1.54, 1.807) is 0 Å². The van der Waals surface area contributed by atoms with Crippen molar-refractivity contribution >= 4 is 5.97 Å². The molecule has 0 aliphatic heterocycles. The maximum atomic E-state index is 13.2. The first-order valence-corrected chi connectivity index (χ1v) is 10.2.